The van der Waals surface area contributed by atoms with Crippen molar-refractivity contribution in [2.75, 3.05) is 19.6 Å². The molecular weight excluding hydrogens is 350 g/mol. The van der Waals surface area contributed by atoms with Crippen LogP contribution in [0.5, 0.6) is 0 Å². The Hall–Kier alpha value is -2.24. The van der Waals surface area contributed by atoms with Gasteiger partial charge in [0, 0.05) is 51.3 Å². The summed E-state index contributed by atoms with van der Waals surface area (Å²) in [5.74, 6) is 3.33. The number of likely N-dealkylation sites (tertiary alicyclic amines) is 1. The van der Waals surface area contributed by atoms with E-state index in [4.69, 9.17) is 9.41 Å². The first kappa shape index (κ1) is 19.1. The van der Waals surface area contributed by atoms with Crippen molar-refractivity contribution in [3.05, 3.63) is 42.1 Å². The number of hydrogen-bond acceptors (Lipinski definition) is 3. The van der Waals surface area contributed by atoms with E-state index in [1.54, 1.807) is 6.26 Å². The molecule has 1 saturated heterocycles. The van der Waals surface area contributed by atoms with Gasteiger partial charge in [0.05, 0.1) is 12.5 Å². The van der Waals surface area contributed by atoms with E-state index in [0.29, 0.717) is 17.9 Å². The first-order valence-electron chi connectivity index (χ1n) is 10.8. The Morgan fingerprint density at radius 2 is 2.21 bits per heavy atom. The Morgan fingerprint density at radius 1 is 1.32 bits per heavy atom. The maximum atomic E-state index is 5.47. The zero-order chi connectivity index (χ0) is 19.3. The summed E-state index contributed by atoms with van der Waals surface area (Å²) >= 11 is 0. The number of hydrogen-bond donors (Lipinski definition) is 1. The van der Waals surface area contributed by atoms with Crippen LogP contribution in [0.25, 0.3) is 0 Å². The third kappa shape index (κ3) is 4.59. The van der Waals surface area contributed by atoms with Gasteiger partial charge < -0.3 is 14.6 Å². The minimum absolute atomic E-state index is 0.536. The van der Waals surface area contributed by atoms with E-state index in [1.807, 2.05) is 30.1 Å². The average molecular weight is 384 g/mol. The lowest BCUT2D eigenvalue weighted by molar-refractivity contribution is 0.298. The minimum Gasteiger partial charge on any atom is -0.469 e. The Bertz CT molecular complexity index is 766. The molecule has 1 N–H and O–H groups in total. The van der Waals surface area contributed by atoms with E-state index in [2.05, 4.69) is 28.4 Å². The number of furan rings is 1. The summed E-state index contributed by atoms with van der Waals surface area (Å²) in [6.07, 6.45) is 13.1. The van der Waals surface area contributed by atoms with Crippen LogP contribution in [0, 0.1) is 5.92 Å². The average Bonchev–Trinajstić information content (AvgIpc) is 3.44. The van der Waals surface area contributed by atoms with Crippen LogP contribution >= 0.6 is 0 Å². The zero-order valence-electron chi connectivity index (χ0n) is 17.2. The molecule has 28 heavy (non-hydrogen) atoms. The molecule has 3 heterocycles. The van der Waals surface area contributed by atoms with E-state index in [-0.39, 0.29) is 0 Å². The van der Waals surface area contributed by atoms with Gasteiger partial charge in [-0.25, -0.2) is 0 Å². The van der Waals surface area contributed by atoms with Gasteiger partial charge >= 0.3 is 0 Å². The van der Waals surface area contributed by atoms with Gasteiger partial charge in [-0.1, -0.05) is 19.8 Å². The Kier molecular flexibility index (Phi) is 6.03. The summed E-state index contributed by atoms with van der Waals surface area (Å²) < 4.78 is 7.37. The van der Waals surface area contributed by atoms with Crippen molar-refractivity contribution in [1.29, 1.82) is 0 Å². The van der Waals surface area contributed by atoms with Gasteiger partial charge in [0.1, 0.15) is 5.76 Å². The van der Waals surface area contributed by atoms with Crippen molar-refractivity contribution < 1.29 is 4.42 Å². The fourth-order valence-corrected chi connectivity index (χ4v) is 4.54. The molecule has 2 aliphatic rings. The molecule has 0 aromatic carbocycles. The van der Waals surface area contributed by atoms with Gasteiger partial charge in [-0.3, -0.25) is 9.67 Å². The van der Waals surface area contributed by atoms with Gasteiger partial charge in [-0.2, -0.15) is 5.10 Å². The standard InChI is InChI=1S/C22H33N5O/c1-17-6-3-4-8-21(17)25-22(23-11-9-20-7-5-13-28-20)27-12-10-18(16-27)19-14-24-26(2)15-19/h5,7,13-15,17-18,21H,3-4,6,8-12,16H2,1-2H3,(H,23,25). The predicted octanol–water partition coefficient (Wildman–Crippen LogP) is 3.57. The molecule has 2 aromatic rings. The maximum absolute atomic E-state index is 5.47. The van der Waals surface area contributed by atoms with Crippen molar-refractivity contribution in [3.63, 3.8) is 0 Å². The molecule has 2 aromatic heterocycles. The van der Waals surface area contributed by atoms with Crippen molar-refractivity contribution in [2.24, 2.45) is 18.0 Å². The highest BCUT2D eigenvalue weighted by molar-refractivity contribution is 5.80. The fraction of sp³-hybridized carbons (Fsp3) is 0.636. The fourth-order valence-electron chi connectivity index (χ4n) is 4.54. The van der Waals surface area contributed by atoms with Crippen molar-refractivity contribution in [2.45, 2.75) is 57.4 Å². The Balaban J connectivity index is 1.44. The number of rotatable bonds is 5. The topological polar surface area (TPSA) is 58.6 Å². The first-order valence-corrected chi connectivity index (χ1v) is 10.8. The second-order valence-corrected chi connectivity index (χ2v) is 8.43. The molecule has 6 heteroatoms. The van der Waals surface area contributed by atoms with Gasteiger partial charge in [-0.05, 0) is 42.9 Å². The number of aromatic nitrogens is 2. The highest BCUT2D eigenvalue weighted by Crippen LogP contribution is 2.28. The van der Waals surface area contributed by atoms with Crippen molar-refractivity contribution >= 4 is 5.96 Å². The third-order valence-corrected chi connectivity index (χ3v) is 6.31. The number of nitrogens with zero attached hydrogens (tertiary/aromatic N) is 4. The molecule has 1 aliphatic heterocycles. The molecule has 0 radical (unpaired) electrons. The molecule has 3 unspecified atom stereocenters. The van der Waals surface area contributed by atoms with E-state index >= 15 is 0 Å². The zero-order valence-corrected chi connectivity index (χ0v) is 17.2. The van der Waals surface area contributed by atoms with Gasteiger partial charge in [0.15, 0.2) is 5.96 Å². The lowest BCUT2D eigenvalue weighted by Crippen LogP contribution is -2.48. The predicted molar refractivity (Wildman–Crippen MR) is 111 cm³/mol. The SMILES string of the molecule is CC1CCCCC1NC(=NCCc1ccco1)N1CCC(c2cnn(C)c2)C1. The summed E-state index contributed by atoms with van der Waals surface area (Å²) in [5.41, 5.74) is 1.34. The molecule has 1 saturated carbocycles. The minimum atomic E-state index is 0.536. The monoisotopic (exact) mass is 383 g/mol. The number of aliphatic imine (C=N–C) groups is 1. The molecule has 4 rings (SSSR count). The lowest BCUT2D eigenvalue weighted by Gasteiger charge is -2.33. The van der Waals surface area contributed by atoms with Crippen LogP contribution in [0.2, 0.25) is 0 Å². The normalized spacial score (nSPS) is 26.0. The molecular formula is C22H33N5O. The van der Waals surface area contributed by atoms with Crippen LogP contribution in [0.3, 0.4) is 0 Å². The Labute approximate surface area is 168 Å². The quantitative estimate of drug-likeness (QED) is 0.633. The third-order valence-electron chi connectivity index (χ3n) is 6.31. The maximum Gasteiger partial charge on any atom is 0.194 e. The molecule has 2 fully saturated rings. The highest BCUT2D eigenvalue weighted by Gasteiger charge is 2.29. The van der Waals surface area contributed by atoms with Crippen LogP contribution in [0.15, 0.2) is 40.2 Å². The summed E-state index contributed by atoms with van der Waals surface area (Å²) in [7, 11) is 1.99. The number of aryl methyl sites for hydroxylation is 1. The summed E-state index contributed by atoms with van der Waals surface area (Å²) in [4.78, 5) is 7.44. The van der Waals surface area contributed by atoms with Gasteiger partial charge in [0.2, 0.25) is 0 Å². The lowest BCUT2D eigenvalue weighted by atomic mass is 9.86. The number of nitrogens with one attached hydrogen (secondary N) is 1. The van der Waals surface area contributed by atoms with Crippen molar-refractivity contribution in [1.82, 2.24) is 20.0 Å². The van der Waals surface area contributed by atoms with Gasteiger partial charge in [-0.15, -0.1) is 0 Å². The van der Waals surface area contributed by atoms with Crippen molar-refractivity contribution in [3.8, 4) is 0 Å². The van der Waals surface area contributed by atoms with E-state index in [9.17, 15) is 0 Å². The summed E-state index contributed by atoms with van der Waals surface area (Å²) in [6.45, 7) is 5.19. The smallest absolute Gasteiger partial charge is 0.194 e. The molecule has 0 bridgehead atoms. The molecule has 1 aliphatic carbocycles. The molecule has 152 valence electrons. The van der Waals surface area contributed by atoms with Crippen LogP contribution in [0.1, 0.15) is 56.3 Å². The molecule has 0 spiro atoms. The van der Waals surface area contributed by atoms with E-state index in [0.717, 1.165) is 44.2 Å². The summed E-state index contributed by atoms with van der Waals surface area (Å²) in [6, 6.07) is 4.51. The highest BCUT2D eigenvalue weighted by atomic mass is 16.3. The van der Waals surface area contributed by atoms with Crippen LogP contribution < -0.4 is 5.32 Å². The largest absolute Gasteiger partial charge is 0.469 e. The molecule has 6 nitrogen and oxygen atoms in total. The first-order chi connectivity index (χ1) is 13.7. The number of guanidine groups is 1. The van der Waals surface area contributed by atoms with E-state index < -0.39 is 0 Å². The second kappa shape index (κ2) is 8.84. The van der Waals surface area contributed by atoms with Crippen LogP contribution in [0.4, 0.5) is 0 Å². The van der Waals surface area contributed by atoms with Crippen LogP contribution in [-0.2, 0) is 13.5 Å². The van der Waals surface area contributed by atoms with Crippen LogP contribution in [-0.4, -0.2) is 46.3 Å². The van der Waals surface area contributed by atoms with E-state index in [1.165, 1.54) is 31.2 Å². The molecule has 0 amide bonds. The van der Waals surface area contributed by atoms with Gasteiger partial charge in [0.25, 0.3) is 0 Å². The Morgan fingerprint density at radius 3 is 2.96 bits per heavy atom. The molecule has 3 atom stereocenters. The second-order valence-electron chi connectivity index (χ2n) is 8.43. The summed E-state index contributed by atoms with van der Waals surface area (Å²) in [5, 5.41) is 8.18.